The van der Waals surface area contributed by atoms with Gasteiger partial charge in [0.05, 0.1) is 0 Å². The number of nitrogens with zero attached hydrogens (tertiary/aromatic N) is 1. The molecule has 1 aromatic carbocycles. The molecule has 0 spiro atoms. The van der Waals surface area contributed by atoms with E-state index in [0.29, 0.717) is 19.2 Å². The van der Waals surface area contributed by atoms with E-state index in [1.807, 2.05) is 12.1 Å². The van der Waals surface area contributed by atoms with Gasteiger partial charge in [-0.25, -0.2) is 0 Å². The summed E-state index contributed by atoms with van der Waals surface area (Å²) in [6.45, 7) is 2.69. The van der Waals surface area contributed by atoms with Gasteiger partial charge in [0.2, 0.25) is 0 Å². The number of likely N-dealkylation sites (N-methyl/N-ethyl adjacent to an activating group) is 1. The average molecular weight is 389 g/mol. The van der Waals surface area contributed by atoms with Crippen LogP contribution in [0.1, 0.15) is 43.2 Å². The van der Waals surface area contributed by atoms with Crippen LogP contribution in [-0.4, -0.2) is 42.4 Å². The van der Waals surface area contributed by atoms with Gasteiger partial charge < -0.3 is 20.1 Å². The fraction of sp³-hybridized carbons (Fsp3) is 0.545. The summed E-state index contributed by atoms with van der Waals surface area (Å²) in [7, 11) is 2.12. The summed E-state index contributed by atoms with van der Waals surface area (Å²) in [5, 5.41) is 18.1. The highest BCUT2D eigenvalue weighted by Gasteiger charge is 2.20. The third-order valence-electron chi connectivity index (χ3n) is 5.28. The Balaban J connectivity index is 1.39. The molecule has 148 valence electrons. The van der Waals surface area contributed by atoms with E-state index in [-0.39, 0.29) is 0 Å². The quantitative estimate of drug-likeness (QED) is 0.645. The lowest BCUT2D eigenvalue weighted by Crippen LogP contribution is -2.40. The van der Waals surface area contributed by atoms with Gasteiger partial charge >= 0.3 is 0 Å². The molecule has 1 aliphatic carbocycles. The fourth-order valence-electron chi connectivity index (χ4n) is 3.74. The molecule has 0 amide bonds. The first-order valence-electron chi connectivity index (χ1n) is 10.0. The normalized spacial score (nSPS) is 16.6. The van der Waals surface area contributed by atoms with Crippen LogP contribution in [0.3, 0.4) is 0 Å². The highest BCUT2D eigenvalue weighted by Crippen LogP contribution is 2.22. The number of rotatable bonds is 10. The molecule has 1 heterocycles. The van der Waals surface area contributed by atoms with E-state index in [1.165, 1.54) is 43.2 Å². The second kappa shape index (κ2) is 10.8. The summed E-state index contributed by atoms with van der Waals surface area (Å²) >= 11 is 1.72. The summed E-state index contributed by atoms with van der Waals surface area (Å²) in [6.07, 6.45) is 6.03. The summed E-state index contributed by atoms with van der Waals surface area (Å²) < 4.78 is 5.85. The van der Waals surface area contributed by atoms with E-state index >= 15 is 0 Å². The third kappa shape index (κ3) is 6.92. The molecule has 1 aliphatic rings. The molecular formula is C22H32N2O2S. The molecule has 0 bridgehead atoms. The highest BCUT2D eigenvalue weighted by molar-refractivity contribution is 7.07. The number of ether oxygens (including phenoxy) is 1. The van der Waals surface area contributed by atoms with Crippen molar-refractivity contribution in [2.24, 2.45) is 0 Å². The molecule has 1 fully saturated rings. The van der Waals surface area contributed by atoms with Gasteiger partial charge in [-0.15, -0.1) is 0 Å². The zero-order valence-corrected chi connectivity index (χ0v) is 17.1. The molecule has 4 nitrogen and oxygen atoms in total. The predicted molar refractivity (Wildman–Crippen MR) is 112 cm³/mol. The van der Waals surface area contributed by atoms with Crippen molar-refractivity contribution in [1.82, 2.24) is 10.2 Å². The Labute approximate surface area is 167 Å². The summed E-state index contributed by atoms with van der Waals surface area (Å²) in [4.78, 5) is 2.30. The Morgan fingerprint density at radius 3 is 2.78 bits per heavy atom. The zero-order chi connectivity index (χ0) is 18.9. The number of benzene rings is 1. The summed E-state index contributed by atoms with van der Waals surface area (Å²) in [5.74, 6) is 0.823. The van der Waals surface area contributed by atoms with E-state index in [2.05, 4.69) is 46.2 Å². The number of aliphatic hydroxyl groups is 1. The van der Waals surface area contributed by atoms with Gasteiger partial charge in [0, 0.05) is 25.7 Å². The molecule has 5 heteroatoms. The maximum atomic E-state index is 10.3. The first-order valence-corrected chi connectivity index (χ1v) is 11.0. The number of hydrogen-bond acceptors (Lipinski definition) is 5. The number of aliphatic hydroxyl groups excluding tert-OH is 1. The van der Waals surface area contributed by atoms with Crippen molar-refractivity contribution >= 4 is 11.3 Å². The Morgan fingerprint density at radius 2 is 2.00 bits per heavy atom. The van der Waals surface area contributed by atoms with Gasteiger partial charge in [-0.3, -0.25) is 0 Å². The van der Waals surface area contributed by atoms with E-state index < -0.39 is 6.10 Å². The molecule has 1 atom stereocenters. The molecule has 2 N–H and O–H groups in total. The minimum Gasteiger partial charge on any atom is -0.491 e. The van der Waals surface area contributed by atoms with Crippen molar-refractivity contribution in [2.45, 2.75) is 57.3 Å². The smallest absolute Gasteiger partial charge is 0.119 e. The maximum Gasteiger partial charge on any atom is 0.119 e. The van der Waals surface area contributed by atoms with Crippen molar-refractivity contribution in [1.29, 1.82) is 0 Å². The molecule has 3 rings (SSSR count). The number of nitrogens with one attached hydrogen (secondary N) is 1. The monoisotopic (exact) mass is 388 g/mol. The molecule has 0 aliphatic heterocycles. The topological polar surface area (TPSA) is 44.7 Å². The minimum atomic E-state index is -0.461. The van der Waals surface area contributed by atoms with Crippen LogP contribution in [0.2, 0.25) is 0 Å². The molecule has 27 heavy (non-hydrogen) atoms. The predicted octanol–water partition coefficient (Wildman–Crippen LogP) is 4.04. The average Bonchev–Trinajstić information content (AvgIpc) is 3.21. The second-order valence-electron chi connectivity index (χ2n) is 7.58. The van der Waals surface area contributed by atoms with Gasteiger partial charge in [-0.2, -0.15) is 11.3 Å². The molecule has 1 unspecified atom stereocenters. The molecule has 1 saturated carbocycles. The number of thiophene rings is 1. The Kier molecular flexibility index (Phi) is 8.14. The lowest BCUT2D eigenvalue weighted by Gasteiger charge is -2.32. The lowest BCUT2D eigenvalue weighted by molar-refractivity contribution is 0.0561. The van der Waals surface area contributed by atoms with E-state index in [1.54, 1.807) is 11.3 Å². The van der Waals surface area contributed by atoms with Gasteiger partial charge in [-0.05, 0) is 60.0 Å². The van der Waals surface area contributed by atoms with Crippen LogP contribution in [-0.2, 0) is 13.1 Å². The van der Waals surface area contributed by atoms with Crippen LogP contribution < -0.4 is 10.1 Å². The number of hydrogen-bond donors (Lipinski definition) is 2. The third-order valence-corrected chi connectivity index (χ3v) is 6.01. The Hall–Kier alpha value is -1.40. The van der Waals surface area contributed by atoms with Crippen LogP contribution >= 0.6 is 11.3 Å². The Bertz CT molecular complexity index is 656. The van der Waals surface area contributed by atoms with Crippen LogP contribution in [0.4, 0.5) is 0 Å². The fourth-order valence-corrected chi connectivity index (χ4v) is 4.41. The SMILES string of the molecule is CN(CC(O)COc1cccc(CNCc2ccsc2)c1)C1CCCCC1. The minimum absolute atomic E-state index is 0.336. The maximum absolute atomic E-state index is 10.3. The lowest BCUT2D eigenvalue weighted by atomic mass is 9.94. The summed E-state index contributed by atoms with van der Waals surface area (Å²) in [5.41, 5.74) is 2.51. The van der Waals surface area contributed by atoms with Crippen molar-refractivity contribution in [2.75, 3.05) is 20.2 Å². The van der Waals surface area contributed by atoms with Crippen molar-refractivity contribution in [3.63, 3.8) is 0 Å². The van der Waals surface area contributed by atoms with E-state index in [9.17, 15) is 5.11 Å². The Morgan fingerprint density at radius 1 is 1.19 bits per heavy atom. The summed E-state index contributed by atoms with van der Waals surface area (Å²) in [6, 6.07) is 10.9. The van der Waals surface area contributed by atoms with Crippen molar-refractivity contribution < 1.29 is 9.84 Å². The van der Waals surface area contributed by atoms with Crippen LogP contribution in [0.25, 0.3) is 0 Å². The standard InChI is InChI=1S/C22H32N2O2S/c1-24(20-7-3-2-4-8-20)15-21(25)16-26-22-9-5-6-18(12-22)13-23-14-19-10-11-27-17-19/h5-6,9-12,17,20-21,23,25H,2-4,7-8,13-16H2,1H3. The molecular weight excluding hydrogens is 356 g/mol. The largest absolute Gasteiger partial charge is 0.491 e. The molecule has 0 saturated heterocycles. The van der Waals surface area contributed by atoms with Crippen LogP contribution in [0.15, 0.2) is 41.1 Å². The van der Waals surface area contributed by atoms with E-state index in [0.717, 1.165) is 18.8 Å². The molecule has 1 aromatic heterocycles. The van der Waals surface area contributed by atoms with Gasteiger partial charge in [0.1, 0.15) is 18.5 Å². The molecule has 0 radical (unpaired) electrons. The van der Waals surface area contributed by atoms with Crippen LogP contribution in [0.5, 0.6) is 5.75 Å². The zero-order valence-electron chi connectivity index (χ0n) is 16.3. The highest BCUT2D eigenvalue weighted by atomic mass is 32.1. The first kappa shape index (κ1) is 20.3. The van der Waals surface area contributed by atoms with Crippen molar-refractivity contribution in [3.05, 3.63) is 52.2 Å². The van der Waals surface area contributed by atoms with Gasteiger partial charge in [0.15, 0.2) is 0 Å². The second-order valence-corrected chi connectivity index (χ2v) is 8.36. The van der Waals surface area contributed by atoms with Crippen LogP contribution in [0, 0.1) is 0 Å². The van der Waals surface area contributed by atoms with Crippen molar-refractivity contribution in [3.8, 4) is 5.75 Å². The van der Waals surface area contributed by atoms with E-state index in [4.69, 9.17) is 4.74 Å². The first-order chi connectivity index (χ1) is 13.2. The van der Waals surface area contributed by atoms with Gasteiger partial charge in [0.25, 0.3) is 0 Å². The van der Waals surface area contributed by atoms with Gasteiger partial charge in [-0.1, -0.05) is 31.4 Å². The molecule has 2 aromatic rings.